The Hall–Kier alpha value is -3.45. The first kappa shape index (κ1) is 16.0. The molecule has 0 aliphatic rings. The molecule has 0 fully saturated rings. The van der Waals surface area contributed by atoms with Crippen molar-refractivity contribution < 1.29 is 9.59 Å². The number of rotatable bonds is 3. The summed E-state index contributed by atoms with van der Waals surface area (Å²) in [6.07, 6.45) is 3.71. The van der Waals surface area contributed by atoms with Crippen LogP contribution in [0.4, 0.5) is 0 Å². The number of para-hydroxylation sites is 1. The Bertz CT molecular complexity index is 1090. The summed E-state index contributed by atoms with van der Waals surface area (Å²) in [5, 5.41) is 0. The molecule has 4 aromatic rings. The van der Waals surface area contributed by atoms with E-state index in [9.17, 15) is 9.59 Å². The van der Waals surface area contributed by atoms with Crippen LogP contribution in [0.3, 0.4) is 0 Å². The van der Waals surface area contributed by atoms with Gasteiger partial charge in [0.15, 0.2) is 0 Å². The molecule has 0 saturated heterocycles. The highest BCUT2D eigenvalue weighted by Crippen LogP contribution is 2.19. The number of carbonyl (C=O) groups excluding carboxylic acids is 2. The number of fused-ring (bicyclic) bond motifs is 1. The van der Waals surface area contributed by atoms with E-state index in [0.717, 1.165) is 15.9 Å². The number of hydrazine groups is 1. The lowest BCUT2D eigenvalue weighted by atomic mass is 10.1. The topological polar surface area (TPSA) is 76.0 Å². The third kappa shape index (κ3) is 3.07. The average molecular weight is 362 g/mol. The molecule has 0 radical (unpaired) electrons. The van der Waals surface area contributed by atoms with E-state index in [2.05, 4.69) is 15.8 Å². The molecule has 7 heteroatoms. The molecule has 0 aliphatic carbocycles. The standard InChI is InChI=1S/C19H14N4O2S/c24-18(13-7-8-15-17(11-13)26-12-20-15)21-22-19(25)14-5-1-2-6-16(14)23-9-3-4-10-23/h1-12H,(H,21,24)(H,22,25). The molecule has 2 heterocycles. The Morgan fingerprint density at radius 2 is 1.69 bits per heavy atom. The summed E-state index contributed by atoms with van der Waals surface area (Å²) in [5.74, 6) is -0.770. The van der Waals surface area contributed by atoms with Gasteiger partial charge in [-0.3, -0.25) is 20.4 Å². The van der Waals surface area contributed by atoms with Gasteiger partial charge >= 0.3 is 0 Å². The number of aromatic nitrogens is 2. The normalized spacial score (nSPS) is 10.6. The van der Waals surface area contributed by atoms with Crippen LogP contribution in [0.2, 0.25) is 0 Å². The predicted molar refractivity (Wildman–Crippen MR) is 100 cm³/mol. The van der Waals surface area contributed by atoms with Crippen LogP contribution in [-0.2, 0) is 0 Å². The Morgan fingerprint density at radius 3 is 2.54 bits per heavy atom. The van der Waals surface area contributed by atoms with Crippen molar-refractivity contribution in [2.24, 2.45) is 0 Å². The van der Waals surface area contributed by atoms with E-state index in [0.29, 0.717) is 11.1 Å². The minimum absolute atomic E-state index is 0.382. The van der Waals surface area contributed by atoms with Gasteiger partial charge in [0, 0.05) is 18.0 Å². The molecule has 0 bridgehead atoms. The molecular weight excluding hydrogens is 348 g/mol. The zero-order chi connectivity index (χ0) is 17.9. The molecule has 26 heavy (non-hydrogen) atoms. The van der Waals surface area contributed by atoms with Crippen molar-refractivity contribution in [3.05, 3.63) is 83.6 Å². The zero-order valence-corrected chi connectivity index (χ0v) is 14.4. The average Bonchev–Trinajstić information content (AvgIpc) is 3.36. The SMILES string of the molecule is O=C(NNC(=O)c1ccccc1-n1cccc1)c1ccc2ncsc2c1. The Balaban J connectivity index is 1.50. The lowest BCUT2D eigenvalue weighted by Gasteiger charge is -2.12. The van der Waals surface area contributed by atoms with Crippen LogP contribution in [0, 0.1) is 0 Å². The van der Waals surface area contributed by atoms with Crippen molar-refractivity contribution in [2.75, 3.05) is 0 Å². The Kier molecular flexibility index (Phi) is 4.20. The molecule has 6 nitrogen and oxygen atoms in total. The van der Waals surface area contributed by atoms with E-state index < -0.39 is 0 Å². The van der Waals surface area contributed by atoms with Crippen LogP contribution in [0.15, 0.2) is 72.5 Å². The van der Waals surface area contributed by atoms with Gasteiger partial charge in [-0.2, -0.15) is 0 Å². The number of amides is 2. The summed E-state index contributed by atoms with van der Waals surface area (Å²) in [5.41, 5.74) is 9.16. The minimum Gasteiger partial charge on any atom is -0.323 e. The molecule has 4 rings (SSSR count). The third-order valence-corrected chi connectivity index (χ3v) is 4.71. The second-order valence-corrected chi connectivity index (χ2v) is 6.44. The smallest absolute Gasteiger partial charge is 0.271 e. The van der Waals surface area contributed by atoms with Gasteiger partial charge in [0.25, 0.3) is 11.8 Å². The summed E-state index contributed by atoms with van der Waals surface area (Å²) in [4.78, 5) is 29.0. The van der Waals surface area contributed by atoms with Gasteiger partial charge in [0.05, 0.1) is 27.0 Å². The highest BCUT2D eigenvalue weighted by atomic mass is 32.1. The molecular formula is C19H14N4O2S. The van der Waals surface area contributed by atoms with Crippen molar-refractivity contribution in [1.29, 1.82) is 0 Å². The molecule has 0 unspecified atom stereocenters. The maximum absolute atomic E-state index is 12.5. The van der Waals surface area contributed by atoms with Crippen LogP contribution in [0.1, 0.15) is 20.7 Å². The number of thiazole rings is 1. The molecule has 0 spiro atoms. The fourth-order valence-corrected chi connectivity index (χ4v) is 3.35. The molecule has 0 aliphatic heterocycles. The van der Waals surface area contributed by atoms with Crippen molar-refractivity contribution in [1.82, 2.24) is 20.4 Å². The van der Waals surface area contributed by atoms with Crippen LogP contribution in [0.25, 0.3) is 15.9 Å². The van der Waals surface area contributed by atoms with Crippen LogP contribution in [0.5, 0.6) is 0 Å². The van der Waals surface area contributed by atoms with Crippen molar-refractivity contribution in [3.8, 4) is 5.69 Å². The van der Waals surface area contributed by atoms with E-state index in [4.69, 9.17) is 0 Å². The van der Waals surface area contributed by atoms with Gasteiger partial charge in [0.2, 0.25) is 0 Å². The maximum Gasteiger partial charge on any atom is 0.271 e. The van der Waals surface area contributed by atoms with Gasteiger partial charge in [-0.1, -0.05) is 12.1 Å². The quantitative estimate of drug-likeness (QED) is 0.550. The molecule has 0 saturated carbocycles. The van der Waals surface area contributed by atoms with Crippen LogP contribution >= 0.6 is 11.3 Å². The molecule has 0 atom stereocenters. The van der Waals surface area contributed by atoms with E-state index in [-0.39, 0.29) is 11.8 Å². The number of nitrogens with one attached hydrogen (secondary N) is 2. The summed E-state index contributed by atoms with van der Waals surface area (Å²) < 4.78 is 2.76. The predicted octanol–water partition coefficient (Wildman–Crippen LogP) is 3.16. The lowest BCUT2D eigenvalue weighted by molar-refractivity contribution is 0.0846. The summed E-state index contributed by atoms with van der Waals surface area (Å²) in [6.45, 7) is 0. The second kappa shape index (κ2) is 6.81. The van der Waals surface area contributed by atoms with Gasteiger partial charge in [0.1, 0.15) is 0 Å². The molecule has 128 valence electrons. The Labute approximate surface area is 153 Å². The highest BCUT2D eigenvalue weighted by Gasteiger charge is 2.14. The second-order valence-electron chi connectivity index (χ2n) is 5.55. The summed E-state index contributed by atoms with van der Waals surface area (Å²) in [6, 6.07) is 16.2. The number of hydrogen-bond donors (Lipinski definition) is 2. The number of carbonyl (C=O) groups is 2. The zero-order valence-electron chi connectivity index (χ0n) is 13.5. The first-order valence-electron chi connectivity index (χ1n) is 7.89. The van der Waals surface area contributed by atoms with E-state index in [1.165, 1.54) is 11.3 Å². The van der Waals surface area contributed by atoms with Crippen molar-refractivity contribution in [3.63, 3.8) is 0 Å². The largest absolute Gasteiger partial charge is 0.323 e. The molecule has 2 amide bonds. The van der Waals surface area contributed by atoms with E-state index in [1.807, 2.05) is 41.2 Å². The number of benzene rings is 2. The lowest BCUT2D eigenvalue weighted by Crippen LogP contribution is -2.41. The highest BCUT2D eigenvalue weighted by molar-refractivity contribution is 7.16. The van der Waals surface area contributed by atoms with Gasteiger partial charge in [-0.15, -0.1) is 11.3 Å². The van der Waals surface area contributed by atoms with E-state index in [1.54, 1.807) is 35.8 Å². The van der Waals surface area contributed by atoms with Gasteiger partial charge in [-0.25, -0.2) is 4.98 Å². The number of hydrogen-bond acceptors (Lipinski definition) is 4. The van der Waals surface area contributed by atoms with Gasteiger partial charge < -0.3 is 4.57 Å². The molecule has 2 aromatic carbocycles. The first-order chi connectivity index (χ1) is 12.7. The summed E-state index contributed by atoms with van der Waals surface area (Å²) >= 11 is 1.46. The van der Waals surface area contributed by atoms with Crippen molar-refractivity contribution in [2.45, 2.75) is 0 Å². The van der Waals surface area contributed by atoms with Gasteiger partial charge in [-0.05, 0) is 42.5 Å². The third-order valence-electron chi connectivity index (χ3n) is 3.91. The van der Waals surface area contributed by atoms with Crippen molar-refractivity contribution >= 4 is 33.4 Å². The number of nitrogens with zero attached hydrogens (tertiary/aromatic N) is 2. The maximum atomic E-state index is 12.5. The van der Waals surface area contributed by atoms with Crippen LogP contribution < -0.4 is 10.9 Å². The molecule has 2 aromatic heterocycles. The van der Waals surface area contributed by atoms with Crippen LogP contribution in [-0.4, -0.2) is 21.4 Å². The fourth-order valence-electron chi connectivity index (χ4n) is 2.64. The minimum atomic E-state index is -0.387. The molecule has 2 N–H and O–H groups in total. The monoisotopic (exact) mass is 362 g/mol. The van der Waals surface area contributed by atoms with E-state index >= 15 is 0 Å². The summed E-state index contributed by atoms with van der Waals surface area (Å²) in [7, 11) is 0. The first-order valence-corrected chi connectivity index (χ1v) is 8.76. The fraction of sp³-hybridized carbons (Fsp3) is 0. The Morgan fingerprint density at radius 1 is 0.923 bits per heavy atom.